The predicted molar refractivity (Wildman–Crippen MR) is 44.0 cm³/mol. The molecule has 0 bridgehead atoms. The third-order valence-corrected chi connectivity index (χ3v) is 1.56. The Bertz CT molecular complexity index is 409. The van der Waals surface area contributed by atoms with E-state index in [1.165, 1.54) is 0 Å². The number of nitrogens with zero attached hydrogens (tertiary/aromatic N) is 3. The summed E-state index contributed by atoms with van der Waals surface area (Å²) < 4.78 is 6.58. The van der Waals surface area contributed by atoms with Gasteiger partial charge in [-0.1, -0.05) is 0 Å². The zero-order chi connectivity index (χ0) is 8.55. The van der Waals surface area contributed by atoms with Crippen LogP contribution < -0.4 is 10.5 Å². The zero-order valence-electron chi connectivity index (χ0n) is 6.56. The minimum atomic E-state index is 0.267. The highest BCUT2D eigenvalue weighted by Gasteiger charge is 1.99. The predicted octanol–water partition coefficient (Wildman–Crippen LogP) is 0.320. The van der Waals surface area contributed by atoms with E-state index >= 15 is 0 Å². The van der Waals surface area contributed by atoms with Crippen LogP contribution in [0.25, 0.3) is 5.65 Å². The van der Waals surface area contributed by atoms with E-state index < -0.39 is 0 Å². The first-order chi connectivity index (χ1) is 5.79. The number of ether oxygens (including phenoxy) is 1. The van der Waals surface area contributed by atoms with E-state index in [1.54, 1.807) is 23.9 Å². The molecule has 12 heavy (non-hydrogen) atoms. The highest BCUT2D eigenvalue weighted by Crippen LogP contribution is 2.11. The van der Waals surface area contributed by atoms with E-state index in [-0.39, 0.29) is 5.95 Å². The van der Waals surface area contributed by atoms with Crippen LogP contribution in [-0.4, -0.2) is 21.7 Å². The molecule has 62 valence electrons. The molecule has 0 spiro atoms. The molecule has 5 nitrogen and oxygen atoms in total. The van der Waals surface area contributed by atoms with Crippen molar-refractivity contribution in [1.82, 2.24) is 14.6 Å². The van der Waals surface area contributed by atoms with Crippen LogP contribution in [0.4, 0.5) is 5.95 Å². The van der Waals surface area contributed by atoms with Crippen molar-refractivity contribution in [3.8, 4) is 5.75 Å². The molecule has 0 aromatic carbocycles. The number of methoxy groups -OCH3 is 1. The van der Waals surface area contributed by atoms with Crippen LogP contribution in [0.2, 0.25) is 0 Å². The Morgan fingerprint density at radius 2 is 2.33 bits per heavy atom. The quantitative estimate of drug-likeness (QED) is 0.659. The molecule has 2 N–H and O–H groups in total. The van der Waals surface area contributed by atoms with E-state index in [0.29, 0.717) is 5.65 Å². The number of hydrogen-bond acceptors (Lipinski definition) is 4. The van der Waals surface area contributed by atoms with Gasteiger partial charge in [-0.3, -0.25) is 0 Å². The summed E-state index contributed by atoms with van der Waals surface area (Å²) in [5, 5.41) is 3.93. The van der Waals surface area contributed by atoms with Crippen molar-refractivity contribution >= 4 is 11.6 Å². The number of pyridine rings is 1. The standard InChI is InChI=1S/C7H8N4O/c1-12-5-2-3-6-9-7(8)10-11(6)4-5/h2-4H,1H3,(H2,8,10). The highest BCUT2D eigenvalue weighted by atomic mass is 16.5. The fourth-order valence-corrected chi connectivity index (χ4v) is 1.00. The molecule has 0 radical (unpaired) electrons. The normalized spacial score (nSPS) is 10.4. The summed E-state index contributed by atoms with van der Waals surface area (Å²) in [6.45, 7) is 0. The van der Waals surface area contributed by atoms with Gasteiger partial charge in [0.25, 0.3) is 0 Å². The molecule has 0 atom stereocenters. The molecule has 2 aromatic rings. The second-order valence-corrected chi connectivity index (χ2v) is 2.34. The molecule has 2 aromatic heterocycles. The lowest BCUT2D eigenvalue weighted by atomic mass is 10.4. The smallest absolute Gasteiger partial charge is 0.240 e. The van der Waals surface area contributed by atoms with E-state index in [0.717, 1.165) is 5.75 Å². The second-order valence-electron chi connectivity index (χ2n) is 2.34. The van der Waals surface area contributed by atoms with Gasteiger partial charge < -0.3 is 10.5 Å². The third-order valence-electron chi connectivity index (χ3n) is 1.56. The first-order valence-electron chi connectivity index (χ1n) is 3.45. The molecular weight excluding hydrogens is 156 g/mol. The molecular formula is C7H8N4O. The number of anilines is 1. The summed E-state index contributed by atoms with van der Waals surface area (Å²) in [6, 6.07) is 3.60. The van der Waals surface area contributed by atoms with Crippen molar-refractivity contribution in [3.63, 3.8) is 0 Å². The molecule has 0 unspecified atom stereocenters. The maximum atomic E-state index is 5.40. The molecule has 0 saturated heterocycles. The summed E-state index contributed by atoms with van der Waals surface area (Å²) in [4.78, 5) is 3.96. The SMILES string of the molecule is COc1ccc2nc(N)nn2c1. The molecule has 0 aliphatic heterocycles. The number of fused-ring (bicyclic) bond motifs is 1. The van der Waals surface area contributed by atoms with Crippen LogP contribution in [0, 0.1) is 0 Å². The van der Waals surface area contributed by atoms with Crippen molar-refractivity contribution in [2.75, 3.05) is 12.8 Å². The van der Waals surface area contributed by atoms with Crippen molar-refractivity contribution < 1.29 is 4.74 Å². The Hall–Kier alpha value is -1.78. The minimum absolute atomic E-state index is 0.267. The fraction of sp³-hybridized carbons (Fsp3) is 0.143. The molecule has 0 saturated carbocycles. The Morgan fingerprint density at radius 1 is 1.50 bits per heavy atom. The van der Waals surface area contributed by atoms with Gasteiger partial charge in [0.2, 0.25) is 5.95 Å². The lowest BCUT2D eigenvalue weighted by Gasteiger charge is -1.97. The van der Waals surface area contributed by atoms with Gasteiger partial charge in [-0.2, -0.15) is 4.98 Å². The third kappa shape index (κ3) is 0.952. The maximum Gasteiger partial charge on any atom is 0.240 e. The number of aromatic nitrogens is 3. The summed E-state index contributed by atoms with van der Waals surface area (Å²) in [6.07, 6.45) is 1.72. The Kier molecular flexibility index (Phi) is 1.36. The van der Waals surface area contributed by atoms with Gasteiger partial charge in [0.1, 0.15) is 5.75 Å². The molecule has 5 heteroatoms. The lowest BCUT2D eigenvalue weighted by molar-refractivity contribution is 0.411. The van der Waals surface area contributed by atoms with Crippen LogP contribution >= 0.6 is 0 Å². The van der Waals surface area contributed by atoms with Gasteiger partial charge in [-0.05, 0) is 12.1 Å². The van der Waals surface area contributed by atoms with E-state index in [4.69, 9.17) is 10.5 Å². The zero-order valence-corrected chi connectivity index (χ0v) is 6.56. The molecule has 2 rings (SSSR count). The number of rotatable bonds is 1. The number of nitrogens with two attached hydrogens (primary N) is 1. The van der Waals surface area contributed by atoms with Gasteiger partial charge in [0.05, 0.1) is 13.3 Å². The summed E-state index contributed by atoms with van der Waals surface area (Å²) >= 11 is 0. The van der Waals surface area contributed by atoms with Gasteiger partial charge >= 0.3 is 0 Å². The molecule has 2 heterocycles. The van der Waals surface area contributed by atoms with Gasteiger partial charge in [-0.25, -0.2) is 4.52 Å². The summed E-state index contributed by atoms with van der Waals surface area (Å²) in [5.41, 5.74) is 6.11. The summed E-state index contributed by atoms with van der Waals surface area (Å²) in [7, 11) is 1.60. The van der Waals surface area contributed by atoms with E-state index in [9.17, 15) is 0 Å². The number of nitrogen functional groups attached to an aromatic ring is 1. The first-order valence-corrected chi connectivity index (χ1v) is 3.45. The Morgan fingerprint density at radius 3 is 3.08 bits per heavy atom. The Balaban J connectivity index is 2.66. The topological polar surface area (TPSA) is 65.4 Å². The largest absolute Gasteiger partial charge is 0.495 e. The average molecular weight is 164 g/mol. The van der Waals surface area contributed by atoms with E-state index in [1.807, 2.05) is 6.07 Å². The van der Waals surface area contributed by atoms with Crippen molar-refractivity contribution in [1.29, 1.82) is 0 Å². The fourth-order valence-electron chi connectivity index (χ4n) is 1.00. The van der Waals surface area contributed by atoms with Crippen molar-refractivity contribution in [2.45, 2.75) is 0 Å². The molecule has 0 fully saturated rings. The van der Waals surface area contributed by atoms with Crippen LogP contribution in [0.1, 0.15) is 0 Å². The number of hydrogen-bond donors (Lipinski definition) is 1. The maximum absolute atomic E-state index is 5.40. The molecule has 0 aliphatic rings. The molecule has 0 amide bonds. The van der Waals surface area contributed by atoms with Gasteiger partial charge in [0, 0.05) is 0 Å². The second kappa shape index (κ2) is 2.37. The lowest BCUT2D eigenvalue weighted by Crippen LogP contribution is -1.90. The van der Waals surface area contributed by atoms with Crippen molar-refractivity contribution in [2.24, 2.45) is 0 Å². The first kappa shape index (κ1) is 6.90. The van der Waals surface area contributed by atoms with Gasteiger partial charge in [0.15, 0.2) is 5.65 Å². The monoisotopic (exact) mass is 164 g/mol. The van der Waals surface area contributed by atoms with Crippen LogP contribution in [-0.2, 0) is 0 Å². The minimum Gasteiger partial charge on any atom is -0.495 e. The highest BCUT2D eigenvalue weighted by molar-refractivity contribution is 5.43. The average Bonchev–Trinajstić information content (AvgIpc) is 2.43. The van der Waals surface area contributed by atoms with E-state index in [2.05, 4.69) is 10.1 Å². The van der Waals surface area contributed by atoms with Crippen LogP contribution in [0.15, 0.2) is 18.3 Å². The van der Waals surface area contributed by atoms with Crippen molar-refractivity contribution in [3.05, 3.63) is 18.3 Å². The van der Waals surface area contributed by atoms with Crippen LogP contribution in [0.3, 0.4) is 0 Å². The summed E-state index contributed by atoms with van der Waals surface area (Å²) in [5.74, 6) is 0.996. The van der Waals surface area contributed by atoms with Gasteiger partial charge in [-0.15, -0.1) is 5.10 Å². The van der Waals surface area contributed by atoms with Crippen LogP contribution in [0.5, 0.6) is 5.75 Å². The molecule has 0 aliphatic carbocycles. The Labute approximate surface area is 68.8 Å².